The molecular weight excluding hydrogens is 202 g/mol. The highest BCUT2D eigenvalue weighted by molar-refractivity contribution is 5.97. The molecule has 2 rings (SSSR count). The lowest BCUT2D eigenvalue weighted by Gasteiger charge is -2.01. The molecule has 16 heavy (non-hydrogen) atoms. The third-order valence-electron chi connectivity index (χ3n) is 2.26. The Morgan fingerprint density at radius 1 is 1.25 bits per heavy atom. The van der Waals surface area contributed by atoms with Crippen molar-refractivity contribution in [3.8, 4) is 5.75 Å². The van der Waals surface area contributed by atoms with Gasteiger partial charge in [-0.15, -0.1) is 0 Å². The lowest BCUT2D eigenvalue weighted by Crippen LogP contribution is -2.03. The summed E-state index contributed by atoms with van der Waals surface area (Å²) in [5, 5.41) is 9.27. The molecule has 0 bridgehead atoms. The number of carbonyl (C=O) groups excluding carboxylic acids is 1. The fourth-order valence-electron chi connectivity index (χ4n) is 1.48. The minimum Gasteiger partial charge on any atom is -0.508 e. The Labute approximate surface area is 93.4 Å². The van der Waals surface area contributed by atoms with Crippen LogP contribution in [0.4, 0.5) is 0 Å². The predicted molar refractivity (Wildman–Crippen MR) is 60.4 cm³/mol. The molecule has 0 aliphatic heterocycles. The molecule has 0 unspecified atom stereocenters. The molecule has 0 amide bonds. The summed E-state index contributed by atoms with van der Waals surface area (Å²) in [5.41, 5.74) is 1.39. The molecule has 3 heteroatoms. The number of benzene rings is 1. The van der Waals surface area contributed by atoms with Gasteiger partial charge in [-0.2, -0.15) is 0 Å². The minimum atomic E-state index is -0.00120. The highest BCUT2D eigenvalue weighted by Gasteiger charge is 2.06. The average molecular weight is 213 g/mol. The number of Topliss-reactive ketones (excluding diaryl/α,β-unsaturated/α-hetero) is 1. The normalized spacial score (nSPS) is 10.0. The maximum Gasteiger partial charge on any atom is 0.168 e. The van der Waals surface area contributed by atoms with E-state index in [-0.39, 0.29) is 18.0 Å². The SMILES string of the molecule is O=C(Cc1cccc(O)c1)c1cccnc1. The lowest BCUT2D eigenvalue weighted by molar-refractivity contribution is 0.0992. The molecule has 3 nitrogen and oxygen atoms in total. The Kier molecular flexibility index (Phi) is 2.96. The summed E-state index contributed by atoms with van der Waals surface area (Å²) >= 11 is 0. The van der Waals surface area contributed by atoms with E-state index in [1.54, 1.807) is 42.7 Å². The minimum absolute atomic E-state index is 0.00120. The molecule has 80 valence electrons. The van der Waals surface area contributed by atoms with Crippen molar-refractivity contribution < 1.29 is 9.90 Å². The molecule has 1 aromatic heterocycles. The van der Waals surface area contributed by atoms with E-state index in [0.717, 1.165) is 5.56 Å². The van der Waals surface area contributed by atoms with Crippen LogP contribution >= 0.6 is 0 Å². The molecule has 1 aromatic carbocycles. The molecule has 0 atom stereocenters. The van der Waals surface area contributed by atoms with Crippen LogP contribution in [0.2, 0.25) is 0 Å². The van der Waals surface area contributed by atoms with Crippen molar-refractivity contribution in [3.05, 3.63) is 59.9 Å². The first-order chi connectivity index (χ1) is 7.75. The van der Waals surface area contributed by atoms with E-state index in [9.17, 15) is 9.90 Å². The van der Waals surface area contributed by atoms with Crippen LogP contribution in [0.15, 0.2) is 48.8 Å². The van der Waals surface area contributed by atoms with Crippen molar-refractivity contribution in [1.29, 1.82) is 0 Å². The second-order valence-electron chi connectivity index (χ2n) is 3.51. The van der Waals surface area contributed by atoms with Crippen LogP contribution in [0.1, 0.15) is 15.9 Å². The van der Waals surface area contributed by atoms with Gasteiger partial charge in [-0.1, -0.05) is 12.1 Å². The van der Waals surface area contributed by atoms with Crippen LogP contribution < -0.4 is 0 Å². The van der Waals surface area contributed by atoms with Gasteiger partial charge in [0.25, 0.3) is 0 Å². The number of pyridine rings is 1. The molecule has 0 aliphatic rings. The van der Waals surface area contributed by atoms with Gasteiger partial charge in [0.15, 0.2) is 5.78 Å². The molecule has 1 N–H and O–H groups in total. The zero-order valence-corrected chi connectivity index (χ0v) is 8.63. The summed E-state index contributed by atoms with van der Waals surface area (Å²) in [7, 11) is 0. The van der Waals surface area contributed by atoms with E-state index in [1.165, 1.54) is 0 Å². The van der Waals surface area contributed by atoms with Gasteiger partial charge in [0.05, 0.1) is 0 Å². The standard InChI is InChI=1S/C13H11NO2/c15-12-5-1-3-10(7-12)8-13(16)11-4-2-6-14-9-11/h1-7,9,15H,8H2. The Balaban J connectivity index is 2.14. The maximum absolute atomic E-state index is 11.8. The number of aromatic nitrogens is 1. The Bertz CT molecular complexity index is 494. The number of rotatable bonds is 3. The van der Waals surface area contributed by atoms with Crippen molar-refractivity contribution in [2.75, 3.05) is 0 Å². The number of ketones is 1. The molecule has 0 fully saturated rings. The fourth-order valence-corrected chi connectivity index (χ4v) is 1.48. The molecule has 2 aromatic rings. The average Bonchev–Trinajstić information content (AvgIpc) is 2.30. The van der Waals surface area contributed by atoms with Crippen LogP contribution in [0.3, 0.4) is 0 Å². The number of phenolic OH excluding ortho intramolecular Hbond substituents is 1. The first kappa shape index (κ1) is 10.4. The monoisotopic (exact) mass is 213 g/mol. The fraction of sp³-hybridized carbons (Fsp3) is 0.0769. The molecular formula is C13H11NO2. The van der Waals surface area contributed by atoms with E-state index in [1.807, 2.05) is 6.07 Å². The van der Waals surface area contributed by atoms with Gasteiger partial charge in [0.2, 0.25) is 0 Å². The Morgan fingerprint density at radius 2 is 2.12 bits per heavy atom. The van der Waals surface area contributed by atoms with Gasteiger partial charge >= 0.3 is 0 Å². The predicted octanol–water partition coefficient (Wildman–Crippen LogP) is 2.21. The van der Waals surface area contributed by atoms with Crippen molar-refractivity contribution in [1.82, 2.24) is 4.98 Å². The quantitative estimate of drug-likeness (QED) is 0.795. The number of hydrogen-bond donors (Lipinski definition) is 1. The first-order valence-corrected chi connectivity index (χ1v) is 4.97. The molecule has 0 spiro atoms. The first-order valence-electron chi connectivity index (χ1n) is 4.97. The number of nitrogens with zero attached hydrogens (tertiary/aromatic N) is 1. The number of aromatic hydroxyl groups is 1. The van der Waals surface area contributed by atoms with Crippen molar-refractivity contribution in [3.63, 3.8) is 0 Å². The summed E-state index contributed by atoms with van der Waals surface area (Å²) in [5.74, 6) is 0.176. The van der Waals surface area contributed by atoms with Crippen LogP contribution in [0.25, 0.3) is 0 Å². The van der Waals surface area contributed by atoms with Crippen molar-refractivity contribution in [2.45, 2.75) is 6.42 Å². The van der Waals surface area contributed by atoms with Gasteiger partial charge in [0, 0.05) is 24.4 Å². The van der Waals surface area contributed by atoms with Gasteiger partial charge in [-0.3, -0.25) is 9.78 Å². The van der Waals surface area contributed by atoms with Crippen LogP contribution in [0.5, 0.6) is 5.75 Å². The number of phenols is 1. The highest BCUT2D eigenvalue weighted by atomic mass is 16.3. The van der Waals surface area contributed by atoms with E-state index in [2.05, 4.69) is 4.98 Å². The summed E-state index contributed by atoms with van der Waals surface area (Å²) in [6.07, 6.45) is 3.45. The van der Waals surface area contributed by atoms with Crippen molar-refractivity contribution in [2.24, 2.45) is 0 Å². The lowest BCUT2D eigenvalue weighted by atomic mass is 10.0. The van der Waals surface area contributed by atoms with Gasteiger partial charge < -0.3 is 5.11 Å². The number of carbonyl (C=O) groups is 1. The third kappa shape index (κ3) is 2.45. The summed E-state index contributed by atoms with van der Waals surface area (Å²) in [4.78, 5) is 15.7. The zero-order chi connectivity index (χ0) is 11.4. The van der Waals surface area contributed by atoms with Gasteiger partial charge in [-0.05, 0) is 29.8 Å². The topological polar surface area (TPSA) is 50.2 Å². The molecule has 0 aliphatic carbocycles. The van der Waals surface area contributed by atoms with E-state index in [0.29, 0.717) is 5.56 Å². The smallest absolute Gasteiger partial charge is 0.168 e. The Hall–Kier alpha value is -2.16. The maximum atomic E-state index is 11.8. The number of hydrogen-bond acceptors (Lipinski definition) is 3. The second-order valence-corrected chi connectivity index (χ2v) is 3.51. The summed E-state index contributed by atoms with van der Waals surface area (Å²) < 4.78 is 0. The van der Waals surface area contributed by atoms with Crippen molar-refractivity contribution >= 4 is 5.78 Å². The summed E-state index contributed by atoms with van der Waals surface area (Å²) in [6, 6.07) is 10.2. The molecule has 0 saturated heterocycles. The molecule has 1 heterocycles. The third-order valence-corrected chi connectivity index (χ3v) is 2.26. The van der Waals surface area contributed by atoms with E-state index >= 15 is 0 Å². The van der Waals surface area contributed by atoms with E-state index < -0.39 is 0 Å². The van der Waals surface area contributed by atoms with Crippen LogP contribution in [-0.4, -0.2) is 15.9 Å². The largest absolute Gasteiger partial charge is 0.508 e. The molecule has 0 saturated carbocycles. The van der Waals surface area contributed by atoms with Crippen LogP contribution in [0, 0.1) is 0 Å². The zero-order valence-electron chi connectivity index (χ0n) is 8.63. The molecule has 0 radical (unpaired) electrons. The van der Waals surface area contributed by atoms with E-state index in [4.69, 9.17) is 0 Å². The highest BCUT2D eigenvalue weighted by Crippen LogP contribution is 2.13. The second kappa shape index (κ2) is 4.57. The Morgan fingerprint density at radius 3 is 2.81 bits per heavy atom. The summed E-state index contributed by atoms with van der Waals surface area (Å²) in [6.45, 7) is 0. The van der Waals surface area contributed by atoms with Crippen LogP contribution in [-0.2, 0) is 6.42 Å². The van der Waals surface area contributed by atoms with Gasteiger partial charge in [-0.25, -0.2) is 0 Å². The van der Waals surface area contributed by atoms with Gasteiger partial charge in [0.1, 0.15) is 5.75 Å².